The number of rotatable bonds is 4. The van der Waals surface area contributed by atoms with Crippen molar-refractivity contribution < 1.29 is 4.79 Å². The van der Waals surface area contributed by atoms with Crippen LogP contribution in [-0.4, -0.2) is 5.91 Å². The molecule has 0 heterocycles. The van der Waals surface area contributed by atoms with Crippen LogP contribution in [0.2, 0.25) is 0 Å². The van der Waals surface area contributed by atoms with Crippen molar-refractivity contribution in [3.63, 3.8) is 0 Å². The van der Waals surface area contributed by atoms with Gasteiger partial charge in [-0.3, -0.25) is 4.79 Å². The highest BCUT2D eigenvalue weighted by molar-refractivity contribution is 9.10. The molecule has 0 unspecified atom stereocenters. The summed E-state index contributed by atoms with van der Waals surface area (Å²) in [6.07, 6.45) is 1.17. The van der Waals surface area contributed by atoms with E-state index in [-0.39, 0.29) is 5.91 Å². The molecule has 4 heteroatoms. The number of hydrogen-bond donors (Lipinski definition) is 2. The Hall–Kier alpha value is -1.81. The quantitative estimate of drug-likeness (QED) is 0.814. The zero-order valence-corrected chi connectivity index (χ0v) is 13.8. The fourth-order valence-corrected chi connectivity index (χ4v) is 2.41. The van der Waals surface area contributed by atoms with Crippen LogP contribution in [0.4, 0.5) is 11.4 Å². The van der Waals surface area contributed by atoms with Crippen molar-refractivity contribution in [2.75, 3.05) is 11.1 Å². The number of nitrogens with two attached hydrogens (primary N) is 1. The molecule has 0 atom stereocenters. The smallest absolute Gasteiger partial charge is 0.224 e. The third-order valence-electron chi connectivity index (χ3n) is 3.34. The van der Waals surface area contributed by atoms with Crippen LogP contribution in [0.15, 0.2) is 40.9 Å². The van der Waals surface area contributed by atoms with Crippen molar-refractivity contribution in [1.82, 2.24) is 0 Å². The fraction of sp³-hybridized carbons (Fsp3) is 0.235. The summed E-state index contributed by atoms with van der Waals surface area (Å²) in [4.78, 5) is 12.0. The molecule has 0 saturated heterocycles. The summed E-state index contributed by atoms with van der Waals surface area (Å²) in [6.45, 7) is 4.03. The molecule has 0 aliphatic carbocycles. The molecule has 0 aliphatic heterocycles. The Kier molecular flexibility index (Phi) is 5.02. The monoisotopic (exact) mass is 346 g/mol. The number of carbonyl (C=O) groups is 1. The Morgan fingerprint density at radius 1 is 1.14 bits per heavy atom. The second kappa shape index (κ2) is 6.76. The van der Waals surface area contributed by atoms with E-state index in [1.54, 1.807) is 0 Å². The van der Waals surface area contributed by atoms with E-state index in [1.165, 1.54) is 0 Å². The van der Waals surface area contributed by atoms with Crippen molar-refractivity contribution in [2.24, 2.45) is 0 Å². The molecule has 0 aromatic heterocycles. The molecule has 2 rings (SSSR count). The third kappa shape index (κ3) is 4.33. The average Bonchev–Trinajstić information content (AvgIpc) is 2.44. The van der Waals surface area contributed by atoms with Gasteiger partial charge in [-0.1, -0.05) is 28.1 Å². The topological polar surface area (TPSA) is 55.1 Å². The summed E-state index contributed by atoms with van der Waals surface area (Å²) in [6, 6.07) is 11.6. The number of nitrogen functional groups attached to an aromatic ring is 1. The maximum atomic E-state index is 12.0. The van der Waals surface area contributed by atoms with E-state index in [9.17, 15) is 4.79 Å². The van der Waals surface area contributed by atoms with Crippen LogP contribution in [0.1, 0.15) is 23.1 Å². The minimum atomic E-state index is 0.0212. The lowest BCUT2D eigenvalue weighted by molar-refractivity contribution is -0.116. The van der Waals surface area contributed by atoms with E-state index in [0.717, 1.165) is 32.5 Å². The van der Waals surface area contributed by atoms with E-state index < -0.39 is 0 Å². The van der Waals surface area contributed by atoms with Crippen molar-refractivity contribution in [3.8, 4) is 0 Å². The number of aryl methyl sites for hydroxylation is 3. The normalized spacial score (nSPS) is 10.4. The number of benzene rings is 2. The molecule has 1 amide bonds. The standard InChI is InChI=1S/C17H19BrN2O/c1-11-9-15(10-12(2)17(11)18)20-16(21)8-5-13-3-6-14(19)7-4-13/h3-4,6-7,9-10H,5,8,19H2,1-2H3,(H,20,21). The van der Waals surface area contributed by atoms with Crippen molar-refractivity contribution in [2.45, 2.75) is 26.7 Å². The van der Waals surface area contributed by atoms with Crippen LogP contribution in [0, 0.1) is 13.8 Å². The maximum Gasteiger partial charge on any atom is 0.224 e. The molecule has 0 saturated carbocycles. The molecule has 0 fully saturated rings. The molecule has 110 valence electrons. The predicted octanol–water partition coefficient (Wildman–Crippen LogP) is 4.22. The van der Waals surface area contributed by atoms with Gasteiger partial charge in [-0.05, 0) is 61.2 Å². The highest BCUT2D eigenvalue weighted by Crippen LogP contribution is 2.25. The number of hydrogen-bond acceptors (Lipinski definition) is 2. The molecule has 2 aromatic carbocycles. The Labute approximate surface area is 133 Å². The molecule has 2 aromatic rings. The SMILES string of the molecule is Cc1cc(NC(=O)CCc2ccc(N)cc2)cc(C)c1Br. The van der Waals surface area contributed by atoms with Gasteiger partial charge in [-0.15, -0.1) is 0 Å². The van der Waals surface area contributed by atoms with E-state index in [0.29, 0.717) is 12.8 Å². The van der Waals surface area contributed by atoms with Gasteiger partial charge >= 0.3 is 0 Å². The summed E-state index contributed by atoms with van der Waals surface area (Å²) >= 11 is 3.52. The van der Waals surface area contributed by atoms with Crippen molar-refractivity contribution in [3.05, 3.63) is 57.6 Å². The first kappa shape index (κ1) is 15.6. The van der Waals surface area contributed by atoms with Gasteiger partial charge < -0.3 is 11.1 Å². The summed E-state index contributed by atoms with van der Waals surface area (Å²) in [5.41, 5.74) is 10.6. The lowest BCUT2D eigenvalue weighted by Gasteiger charge is -2.10. The highest BCUT2D eigenvalue weighted by atomic mass is 79.9. The lowest BCUT2D eigenvalue weighted by atomic mass is 10.1. The van der Waals surface area contributed by atoms with Crippen LogP contribution < -0.4 is 11.1 Å². The highest BCUT2D eigenvalue weighted by Gasteiger charge is 2.06. The molecule has 21 heavy (non-hydrogen) atoms. The van der Waals surface area contributed by atoms with Crippen LogP contribution in [-0.2, 0) is 11.2 Å². The van der Waals surface area contributed by atoms with Crippen molar-refractivity contribution in [1.29, 1.82) is 0 Å². The zero-order chi connectivity index (χ0) is 15.4. The molecule has 3 N–H and O–H groups in total. The van der Waals surface area contributed by atoms with E-state index in [1.807, 2.05) is 50.2 Å². The fourth-order valence-electron chi connectivity index (χ4n) is 2.18. The van der Waals surface area contributed by atoms with Gasteiger partial charge in [0, 0.05) is 22.3 Å². The van der Waals surface area contributed by atoms with Crippen LogP contribution >= 0.6 is 15.9 Å². The van der Waals surface area contributed by atoms with Crippen LogP contribution in [0.25, 0.3) is 0 Å². The molecule has 0 radical (unpaired) electrons. The second-order valence-electron chi connectivity index (χ2n) is 5.21. The molecule has 0 bridgehead atoms. The van der Waals surface area contributed by atoms with E-state index >= 15 is 0 Å². The third-order valence-corrected chi connectivity index (χ3v) is 4.59. The number of nitrogens with one attached hydrogen (secondary N) is 1. The number of amides is 1. The molecule has 0 aliphatic rings. The number of anilines is 2. The summed E-state index contributed by atoms with van der Waals surface area (Å²) < 4.78 is 1.09. The van der Waals surface area contributed by atoms with Crippen molar-refractivity contribution >= 4 is 33.2 Å². The Morgan fingerprint density at radius 2 is 1.71 bits per heavy atom. The average molecular weight is 347 g/mol. The van der Waals surface area contributed by atoms with Gasteiger partial charge in [0.05, 0.1) is 0 Å². The largest absolute Gasteiger partial charge is 0.399 e. The first-order chi connectivity index (χ1) is 9.95. The first-order valence-electron chi connectivity index (χ1n) is 6.86. The predicted molar refractivity (Wildman–Crippen MR) is 91.4 cm³/mol. The lowest BCUT2D eigenvalue weighted by Crippen LogP contribution is -2.12. The molecule has 0 spiro atoms. The Bertz CT molecular complexity index is 627. The first-order valence-corrected chi connectivity index (χ1v) is 7.66. The summed E-state index contributed by atoms with van der Waals surface area (Å²) in [7, 11) is 0. The minimum absolute atomic E-state index is 0.0212. The van der Waals surface area contributed by atoms with E-state index in [2.05, 4.69) is 21.2 Å². The zero-order valence-electron chi connectivity index (χ0n) is 12.2. The molecular formula is C17H19BrN2O. The van der Waals surface area contributed by atoms with Gasteiger partial charge in [0.25, 0.3) is 0 Å². The van der Waals surface area contributed by atoms with Crippen LogP contribution in [0.3, 0.4) is 0 Å². The van der Waals surface area contributed by atoms with E-state index in [4.69, 9.17) is 5.73 Å². The molecular weight excluding hydrogens is 328 g/mol. The number of halogens is 1. The number of carbonyl (C=O) groups excluding carboxylic acids is 1. The van der Waals surface area contributed by atoms with Gasteiger partial charge in [-0.2, -0.15) is 0 Å². The maximum absolute atomic E-state index is 12.0. The summed E-state index contributed by atoms with van der Waals surface area (Å²) in [5.74, 6) is 0.0212. The van der Waals surface area contributed by atoms with Gasteiger partial charge in [0.1, 0.15) is 0 Å². The summed E-state index contributed by atoms with van der Waals surface area (Å²) in [5, 5.41) is 2.95. The van der Waals surface area contributed by atoms with Gasteiger partial charge in [-0.25, -0.2) is 0 Å². The van der Waals surface area contributed by atoms with Gasteiger partial charge in [0.15, 0.2) is 0 Å². The second-order valence-corrected chi connectivity index (χ2v) is 6.01. The van der Waals surface area contributed by atoms with Gasteiger partial charge in [0.2, 0.25) is 5.91 Å². The van der Waals surface area contributed by atoms with Crippen LogP contribution in [0.5, 0.6) is 0 Å². The Balaban J connectivity index is 1.94. The minimum Gasteiger partial charge on any atom is -0.399 e. The molecule has 3 nitrogen and oxygen atoms in total. The Morgan fingerprint density at radius 3 is 2.29 bits per heavy atom.